The number of carbonyl (C=O) groups is 2. The largest absolute Gasteiger partial charge is 0.444 e. The van der Waals surface area contributed by atoms with Gasteiger partial charge in [-0.3, -0.25) is 4.79 Å². The van der Waals surface area contributed by atoms with Gasteiger partial charge in [-0.25, -0.2) is 9.78 Å². The minimum atomic E-state index is -0.539. The molecular weight excluding hydrogens is 302 g/mol. The second-order valence-electron chi connectivity index (χ2n) is 6.15. The number of aryl methyl sites for hydroxylation is 2. The quantitative estimate of drug-likeness (QED) is 0.871. The summed E-state index contributed by atoms with van der Waals surface area (Å²) in [7, 11) is 0. The van der Waals surface area contributed by atoms with Crippen molar-refractivity contribution < 1.29 is 14.3 Å². The van der Waals surface area contributed by atoms with Gasteiger partial charge in [0.2, 0.25) is 5.91 Å². The van der Waals surface area contributed by atoms with Crippen molar-refractivity contribution in [2.24, 2.45) is 0 Å². The molecule has 1 unspecified atom stereocenters. The molecule has 0 bridgehead atoms. The molecule has 0 radical (unpaired) electrons. The summed E-state index contributed by atoms with van der Waals surface area (Å²) < 4.78 is 5.10. The van der Waals surface area contributed by atoms with Crippen LogP contribution in [0.5, 0.6) is 0 Å². The second kappa shape index (κ2) is 7.58. The molecule has 1 rings (SSSR count). The molecule has 124 valence electrons. The Bertz CT molecular complexity index is 535. The average Bonchev–Trinajstić information content (AvgIpc) is 2.66. The fourth-order valence-electron chi connectivity index (χ4n) is 1.92. The number of hydrogen-bond acceptors (Lipinski definition) is 5. The third kappa shape index (κ3) is 6.43. The minimum absolute atomic E-state index is 0.0831. The molecule has 0 saturated heterocycles. The van der Waals surface area contributed by atoms with Gasteiger partial charge in [-0.15, -0.1) is 11.3 Å². The summed E-state index contributed by atoms with van der Waals surface area (Å²) in [5, 5.41) is 6.46. The van der Waals surface area contributed by atoms with Crippen LogP contribution in [0, 0.1) is 13.8 Å². The Labute approximate surface area is 135 Å². The van der Waals surface area contributed by atoms with Crippen LogP contribution in [0.3, 0.4) is 0 Å². The van der Waals surface area contributed by atoms with E-state index in [-0.39, 0.29) is 24.9 Å². The fraction of sp³-hybridized carbons (Fsp3) is 0.667. The maximum absolute atomic E-state index is 11.9. The first-order valence-corrected chi connectivity index (χ1v) is 8.10. The molecule has 0 saturated carbocycles. The van der Waals surface area contributed by atoms with Crippen LogP contribution in [0.1, 0.15) is 55.7 Å². The van der Waals surface area contributed by atoms with Crippen molar-refractivity contribution in [3.8, 4) is 0 Å². The van der Waals surface area contributed by atoms with Crippen molar-refractivity contribution in [3.05, 3.63) is 15.6 Å². The van der Waals surface area contributed by atoms with Crippen molar-refractivity contribution in [1.82, 2.24) is 15.6 Å². The standard InChI is InChI=1S/C15H25N3O3S/c1-9-13(22-11(3)17-9)10(2)18-12(19)7-8-16-14(20)21-15(4,5)6/h10H,7-8H2,1-6H3,(H,16,20)(H,18,19). The van der Waals surface area contributed by atoms with Crippen molar-refractivity contribution >= 4 is 23.3 Å². The fourth-order valence-corrected chi connectivity index (χ4v) is 2.85. The highest BCUT2D eigenvalue weighted by atomic mass is 32.1. The monoisotopic (exact) mass is 327 g/mol. The van der Waals surface area contributed by atoms with Gasteiger partial charge in [0.25, 0.3) is 0 Å². The van der Waals surface area contributed by atoms with Gasteiger partial charge in [-0.05, 0) is 41.5 Å². The zero-order valence-electron chi connectivity index (χ0n) is 14.1. The first-order valence-electron chi connectivity index (χ1n) is 7.28. The molecule has 2 N–H and O–H groups in total. The third-order valence-electron chi connectivity index (χ3n) is 2.73. The summed E-state index contributed by atoms with van der Waals surface area (Å²) in [4.78, 5) is 28.8. The van der Waals surface area contributed by atoms with E-state index in [4.69, 9.17) is 4.74 Å². The molecule has 1 aromatic heterocycles. The molecule has 7 heteroatoms. The zero-order chi connectivity index (χ0) is 16.9. The summed E-state index contributed by atoms with van der Waals surface area (Å²) >= 11 is 1.58. The number of hydrogen-bond donors (Lipinski definition) is 2. The molecule has 0 spiro atoms. The minimum Gasteiger partial charge on any atom is -0.444 e. The first kappa shape index (κ1) is 18.4. The number of aromatic nitrogens is 1. The highest BCUT2D eigenvalue weighted by molar-refractivity contribution is 7.11. The number of carbonyl (C=O) groups excluding carboxylic acids is 2. The third-order valence-corrected chi connectivity index (χ3v) is 3.99. The zero-order valence-corrected chi connectivity index (χ0v) is 14.9. The van der Waals surface area contributed by atoms with Gasteiger partial charge in [0.15, 0.2) is 0 Å². The van der Waals surface area contributed by atoms with E-state index < -0.39 is 11.7 Å². The molecule has 0 fully saturated rings. The number of amides is 2. The summed E-state index contributed by atoms with van der Waals surface area (Å²) in [6.45, 7) is 11.4. The van der Waals surface area contributed by atoms with E-state index in [0.29, 0.717) is 0 Å². The smallest absolute Gasteiger partial charge is 0.407 e. The number of rotatable bonds is 5. The Morgan fingerprint density at radius 2 is 1.95 bits per heavy atom. The van der Waals surface area contributed by atoms with Crippen LogP contribution in [0.2, 0.25) is 0 Å². The van der Waals surface area contributed by atoms with Crippen molar-refractivity contribution in [2.75, 3.05) is 6.54 Å². The predicted octanol–water partition coefficient (Wildman–Crippen LogP) is 2.85. The van der Waals surface area contributed by atoms with Crippen LogP contribution in [-0.4, -0.2) is 29.1 Å². The molecule has 1 heterocycles. The lowest BCUT2D eigenvalue weighted by atomic mass is 10.2. The summed E-state index contributed by atoms with van der Waals surface area (Å²) in [5.74, 6) is -0.117. The number of thiazole rings is 1. The second-order valence-corrected chi connectivity index (χ2v) is 7.39. The lowest BCUT2D eigenvalue weighted by molar-refractivity contribution is -0.121. The molecule has 1 atom stereocenters. The van der Waals surface area contributed by atoms with E-state index in [1.165, 1.54) is 0 Å². The van der Waals surface area contributed by atoms with Gasteiger partial charge in [0, 0.05) is 17.8 Å². The Morgan fingerprint density at radius 3 is 2.45 bits per heavy atom. The Balaban J connectivity index is 2.35. The van der Waals surface area contributed by atoms with Crippen LogP contribution in [0.15, 0.2) is 0 Å². The first-order chi connectivity index (χ1) is 10.1. The Hall–Kier alpha value is -1.63. The Morgan fingerprint density at radius 1 is 1.32 bits per heavy atom. The normalized spacial score (nSPS) is 12.6. The lowest BCUT2D eigenvalue weighted by Crippen LogP contribution is -2.35. The van der Waals surface area contributed by atoms with Gasteiger partial charge in [0.1, 0.15) is 5.60 Å². The molecule has 6 nitrogen and oxygen atoms in total. The van der Waals surface area contributed by atoms with Crippen LogP contribution in [0.4, 0.5) is 4.79 Å². The molecule has 0 aliphatic carbocycles. The van der Waals surface area contributed by atoms with Gasteiger partial charge in [-0.2, -0.15) is 0 Å². The summed E-state index contributed by atoms with van der Waals surface area (Å²) in [6, 6.07) is -0.0831. The van der Waals surface area contributed by atoms with E-state index in [2.05, 4.69) is 15.6 Å². The Kier molecular flexibility index (Phi) is 6.34. The molecule has 22 heavy (non-hydrogen) atoms. The van der Waals surface area contributed by atoms with Gasteiger partial charge in [0.05, 0.1) is 16.7 Å². The topological polar surface area (TPSA) is 80.3 Å². The van der Waals surface area contributed by atoms with Crippen LogP contribution < -0.4 is 10.6 Å². The van der Waals surface area contributed by atoms with E-state index in [1.54, 1.807) is 32.1 Å². The van der Waals surface area contributed by atoms with Crippen molar-refractivity contribution in [3.63, 3.8) is 0 Å². The van der Waals surface area contributed by atoms with E-state index in [9.17, 15) is 9.59 Å². The van der Waals surface area contributed by atoms with Crippen LogP contribution in [-0.2, 0) is 9.53 Å². The summed E-state index contributed by atoms with van der Waals surface area (Å²) in [6.07, 6.45) is -0.303. The molecular formula is C15H25N3O3S. The maximum atomic E-state index is 11.9. The number of nitrogens with zero attached hydrogens (tertiary/aromatic N) is 1. The predicted molar refractivity (Wildman–Crippen MR) is 87.0 cm³/mol. The van der Waals surface area contributed by atoms with Crippen molar-refractivity contribution in [1.29, 1.82) is 0 Å². The van der Waals surface area contributed by atoms with Crippen LogP contribution >= 0.6 is 11.3 Å². The van der Waals surface area contributed by atoms with Gasteiger partial charge >= 0.3 is 6.09 Å². The van der Waals surface area contributed by atoms with E-state index in [0.717, 1.165) is 15.6 Å². The van der Waals surface area contributed by atoms with Crippen molar-refractivity contribution in [2.45, 2.75) is 59.6 Å². The molecule has 2 amide bonds. The molecule has 0 aliphatic rings. The van der Waals surface area contributed by atoms with Gasteiger partial charge in [-0.1, -0.05) is 0 Å². The number of nitrogens with one attached hydrogen (secondary N) is 2. The number of alkyl carbamates (subject to hydrolysis) is 1. The number of ether oxygens (including phenoxy) is 1. The maximum Gasteiger partial charge on any atom is 0.407 e. The molecule has 0 aliphatic heterocycles. The highest BCUT2D eigenvalue weighted by Gasteiger charge is 2.17. The lowest BCUT2D eigenvalue weighted by Gasteiger charge is -2.19. The molecule has 1 aromatic rings. The van der Waals surface area contributed by atoms with E-state index >= 15 is 0 Å². The highest BCUT2D eigenvalue weighted by Crippen LogP contribution is 2.24. The molecule has 0 aromatic carbocycles. The van der Waals surface area contributed by atoms with Crippen LogP contribution in [0.25, 0.3) is 0 Å². The summed E-state index contributed by atoms with van der Waals surface area (Å²) in [5.41, 5.74) is 0.407. The van der Waals surface area contributed by atoms with E-state index in [1.807, 2.05) is 20.8 Å². The van der Waals surface area contributed by atoms with Gasteiger partial charge < -0.3 is 15.4 Å². The average molecular weight is 327 g/mol. The SMILES string of the molecule is Cc1nc(C)c(C(C)NC(=O)CCNC(=O)OC(C)(C)C)s1.